The van der Waals surface area contributed by atoms with Gasteiger partial charge in [-0.2, -0.15) is 0 Å². The normalized spacial score (nSPS) is 14.4. The number of rotatable bonds is 2. The summed E-state index contributed by atoms with van der Waals surface area (Å²) in [5.74, 6) is 1.97. The fourth-order valence-corrected chi connectivity index (χ4v) is 3.09. The Kier molecular flexibility index (Phi) is 2.91. The van der Waals surface area contributed by atoms with Crippen LogP contribution in [-0.2, 0) is 13.0 Å². The summed E-state index contributed by atoms with van der Waals surface area (Å²) in [6, 6.07) is 4.28. The molecule has 0 saturated carbocycles. The quantitative estimate of drug-likeness (QED) is 0.828. The number of hydrogen-bond acceptors (Lipinski definition) is 5. The lowest BCUT2D eigenvalue weighted by atomic mass is 10.1. The number of thiophene rings is 1. The largest absolute Gasteiger partial charge is 0.363 e. The maximum atomic E-state index is 4.39. The van der Waals surface area contributed by atoms with Crippen molar-refractivity contribution in [3.63, 3.8) is 0 Å². The van der Waals surface area contributed by atoms with E-state index in [0.717, 1.165) is 31.1 Å². The van der Waals surface area contributed by atoms with Crippen molar-refractivity contribution >= 4 is 23.0 Å². The molecule has 18 heavy (non-hydrogen) atoms. The Bertz CT molecular complexity index is 549. The second kappa shape index (κ2) is 4.57. The van der Waals surface area contributed by atoms with Gasteiger partial charge in [0.2, 0.25) is 0 Å². The van der Waals surface area contributed by atoms with Crippen molar-refractivity contribution in [1.29, 1.82) is 0 Å². The van der Waals surface area contributed by atoms with Crippen LogP contribution in [0.4, 0.5) is 11.6 Å². The summed E-state index contributed by atoms with van der Waals surface area (Å²) in [5.41, 5.74) is 1.44. The molecule has 0 fully saturated rings. The summed E-state index contributed by atoms with van der Waals surface area (Å²) in [7, 11) is 4.00. The van der Waals surface area contributed by atoms with Crippen molar-refractivity contribution in [3.05, 3.63) is 34.3 Å². The molecule has 0 aliphatic carbocycles. The number of hydrogen-bond donors (Lipinski definition) is 0. The van der Waals surface area contributed by atoms with Crippen LogP contribution in [0.1, 0.15) is 10.4 Å². The van der Waals surface area contributed by atoms with Crippen LogP contribution < -0.4 is 9.80 Å². The topological polar surface area (TPSA) is 32.3 Å². The molecule has 1 aliphatic rings. The lowest BCUT2D eigenvalue weighted by Gasteiger charge is -2.28. The highest BCUT2D eigenvalue weighted by atomic mass is 32.1. The lowest BCUT2D eigenvalue weighted by Crippen LogP contribution is -2.30. The third kappa shape index (κ3) is 2.06. The summed E-state index contributed by atoms with van der Waals surface area (Å²) in [4.78, 5) is 14.5. The Balaban J connectivity index is 1.86. The molecule has 0 amide bonds. The number of fused-ring (bicyclic) bond motifs is 1. The van der Waals surface area contributed by atoms with Crippen LogP contribution in [0.15, 0.2) is 23.8 Å². The van der Waals surface area contributed by atoms with Gasteiger partial charge in [0.05, 0.1) is 0 Å². The molecule has 0 atom stereocenters. The second-order valence-corrected chi connectivity index (χ2v) is 5.67. The Hall–Kier alpha value is -1.62. The zero-order valence-electron chi connectivity index (χ0n) is 10.6. The van der Waals surface area contributed by atoms with Gasteiger partial charge >= 0.3 is 0 Å². The molecule has 0 radical (unpaired) electrons. The van der Waals surface area contributed by atoms with Gasteiger partial charge in [0.25, 0.3) is 0 Å². The van der Waals surface area contributed by atoms with E-state index in [0.29, 0.717) is 0 Å². The molecule has 1 aliphatic heterocycles. The minimum absolute atomic E-state index is 0.955. The summed E-state index contributed by atoms with van der Waals surface area (Å²) in [5, 5.41) is 2.18. The highest BCUT2D eigenvalue weighted by Crippen LogP contribution is 2.27. The van der Waals surface area contributed by atoms with Crippen LogP contribution in [0.3, 0.4) is 0 Å². The van der Waals surface area contributed by atoms with Gasteiger partial charge in [-0.05, 0) is 23.4 Å². The van der Waals surface area contributed by atoms with Crippen molar-refractivity contribution in [2.24, 2.45) is 0 Å². The first-order valence-electron chi connectivity index (χ1n) is 6.03. The van der Waals surface area contributed by atoms with Crippen LogP contribution in [0.2, 0.25) is 0 Å². The Morgan fingerprint density at radius 2 is 2.22 bits per heavy atom. The Morgan fingerprint density at radius 3 is 3.06 bits per heavy atom. The van der Waals surface area contributed by atoms with Crippen LogP contribution in [0.25, 0.3) is 0 Å². The second-order valence-electron chi connectivity index (χ2n) is 4.67. The fraction of sp³-hybridized carbons (Fsp3) is 0.385. The minimum atomic E-state index is 0.955. The SMILES string of the molecule is CN(C)c1cc(N2CCc3sccc3C2)ncn1. The van der Waals surface area contributed by atoms with E-state index in [4.69, 9.17) is 0 Å². The maximum Gasteiger partial charge on any atom is 0.134 e. The summed E-state index contributed by atoms with van der Waals surface area (Å²) < 4.78 is 0. The van der Waals surface area contributed by atoms with E-state index in [9.17, 15) is 0 Å². The first-order chi connectivity index (χ1) is 8.74. The standard InChI is InChI=1S/C13H16N4S/c1-16(2)12-7-13(15-9-14-12)17-5-3-11-10(8-17)4-6-18-11/h4,6-7,9H,3,5,8H2,1-2H3. The van der Waals surface area contributed by atoms with Gasteiger partial charge in [0, 0.05) is 38.1 Å². The van der Waals surface area contributed by atoms with Gasteiger partial charge in [-0.25, -0.2) is 9.97 Å². The number of aromatic nitrogens is 2. The molecule has 0 saturated heterocycles. The highest BCUT2D eigenvalue weighted by Gasteiger charge is 2.18. The van der Waals surface area contributed by atoms with E-state index < -0.39 is 0 Å². The van der Waals surface area contributed by atoms with Crippen molar-refractivity contribution in [3.8, 4) is 0 Å². The average molecular weight is 260 g/mol. The smallest absolute Gasteiger partial charge is 0.134 e. The van der Waals surface area contributed by atoms with Gasteiger partial charge in [-0.1, -0.05) is 0 Å². The molecule has 0 N–H and O–H groups in total. The van der Waals surface area contributed by atoms with Gasteiger partial charge in [-0.15, -0.1) is 11.3 Å². The minimum Gasteiger partial charge on any atom is -0.363 e. The van der Waals surface area contributed by atoms with Crippen LogP contribution in [0, 0.1) is 0 Å². The highest BCUT2D eigenvalue weighted by molar-refractivity contribution is 7.10. The zero-order valence-corrected chi connectivity index (χ0v) is 11.4. The van der Waals surface area contributed by atoms with Crippen molar-refractivity contribution in [2.45, 2.75) is 13.0 Å². The van der Waals surface area contributed by atoms with Crippen molar-refractivity contribution in [2.75, 3.05) is 30.4 Å². The number of nitrogens with zero attached hydrogens (tertiary/aromatic N) is 4. The monoisotopic (exact) mass is 260 g/mol. The molecule has 3 rings (SSSR count). The van der Waals surface area contributed by atoms with Crippen LogP contribution >= 0.6 is 11.3 Å². The third-order valence-electron chi connectivity index (χ3n) is 3.23. The molecule has 2 aromatic heterocycles. The lowest BCUT2D eigenvalue weighted by molar-refractivity contribution is 0.730. The average Bonchev–Trinajstić information content (AvgIpc) is 2.86. The van der Waals surface area contributed by atoms with Gasteiger partial charge in [-0.3, -0.25) is 0 Å². The van der Waals surface area contributed by atoms with Gasteiger partial charge < -0.3 is 9.80 Å². The van der Waals surface area contributed by atoms with E-state index in [2.05, 4.69) is 32.4 Å². The molecule has 2 aromatic rings. The fourth-order valence-electron chi connectivity index (χ4n) is 2.20. The van der Waals surface area contributed by atoms with E-state index >= 15 is 0 Å². The van der Waals surface area contributed by atoms with Crippen molar-refractivity contribution < 1.29 is 0 Å². The predicted octanol–water partition coefficient (Wildman–Crippen LogP) is 2.17. The first-order valence-corrected chi connectivity index (χ1v) is 6.91. The molecule has 0 bridgehead atoms. The number of anilines is 2. The molecule has 0 aromatic carbocycles. The molecular weight excluding hydrogens is 244 g/mol. The molecule has 0 spiro atoms. The van der Waals surface area contributed by atoms with E-state index in [1.54, 1.807) is 6.33 Å². The molecule has 5 heteroatoms. The molecular formula is C13H16N4S. The summed E-state index contributed by atoms with van der Waals surface area (Å²) in [6.07, 6.45) is 2.77. The third-order valence-corrected chi connectivity index (χ3v) is 4.25. The van der Waals surface area contributed by atoms with E-state index in [-0.39, 0.29) is 0 Å². The molecule has 94 valence electrons. The zero-order chi connectivity index (χ0) is 12.5. The van der Waals surface area contributed by atoms with Gasteiger partial charge in [0.15, 0.2) is 0 Å². The first kappa shape index (κ1) is 11.5. The van der Waals surface area contributed by atoms with E-state index in [1.165, 1.54) is 10.4 Å². The van der Waals surface area contributed by atoms with Crippen molar-refractivity contribution in [1.82, 2.24) is 9.97 Å². The Labute approximate surface area is 111 Å². The van der Waals surface area contributed by atoms with E-state index in [1.807, 2.05) is 30.3 Å². The Morgan fingerprint density at radius 1 is 1.33 bits per heavy atom. The van der Waals surface area contributed by atoms with Crippen LogP contribution in [-0.4, -0.2) is 30.6 Å². The van der Waals surface area contributed by atoms with Gasteiger partial charge in [0.1, 0.15) is 18.0 Å². The predicted molar refractivity (Wildman–Crippen MR) is 75.4 cm³/mol. The summed E-state index contributed by atoms with van der Waals surface area (Å²) in [6.45, 7) is 2.00. The molecule has 4 nitrogen and oxygen atoms in total. The van der Waals surface area contributed by atoms with Crippen LogP contribution in [0.5, 0.6) is 0 Å². The maximum absolute atomic E-state index is 4.39. The summed E-state index contributed by atoms with van der Waals surface area (Å²) >= 11 is 1.86. The molecule has 3 heterocycles. The molecule has 0 unspecified atom stereocenters.